The first-order chi connectivity index (χ1) is 29.0. The van der Waals surface area contributed by atoms with Crippen molar-refractivity contribution in [3.05, 3.63) is 86.5 Å². The van der Waals surface area contributed by atoms with E-state index in [9.17, 15) is 37.5 Å². The highest BCUT2D eigenvalue weighted by molar-refractivity contribution is 7.18. The van der Waals surface area contributed by atoms with Crippen molar-refractivity contribution in [3.8, 4) is 11.8 Å². The number of benzene rings is 2. The number of hydrogen-bond acceptors (Lipinski definition) is 9. The number of rotatable bonds is 8. The van der Waals surface area contributed by atoms with Gasteiger partial charge in [-0.05, 0) is 120 Å². The van der Waals surface area contributed by atoms with Crippen LogP contribution in [-0.4, -0.2) is 66.5 Å². The van der Waals surface area contributed by atoms with Gasteiger partial charge in [-0.15, -0.1) is 11.3 Å². The number of thiazole rings is 1. The van der Waals surface area contributed by atoms with E-state index in [0.29, 0.717) is 45.6 Å². The number of likely N-dealkylation sites (tertiary alicyclic amines) is 1. The molecule has 3 aliphatic rings. The van der Waals surface area contributed by atoms with E-state index in [-0.39, 0.29) is 30.1 Å². The van der Waals surface area contributed by atoms with E-state index in [1.165, 1.54) is 15.2 Å². The average molecular weight is 856 g/mol. The Bertz CT molecular complexity index is 2630. The van der Waals surface area contributed by atoms with Crippen LogP contribution < -0.4 is 16.3 Å². The van der Waals surface area contributed by atoms with E-state index in [2.05, 4.69) is 32.4 Å². The fraction of sp³-hybridized carbons (Fsp3) is 0.467. The average Bonchev–Trinajstić information content (AvgIpc) is 3.75. The van der Waals surface area contributed by atoms with Crippen molar-refractivity contribution in [3.63, 3.8) is 0 Å². The first-order valence-corrected chi connectivity index (χ1v) is 21.6. The number of fused-ring (bicyclic) bond motifs is 2. The maximum atomic E-state index is 13.3. The lowest BCUT2D eigenvalue weighted by molar-refractivity contribution is -0.141. The normalized spacial score (nSPS) is 20.7. The van der Waals surface area contributed by atoms with Crippen molar-refractivity contribution >= 4 is 56.0 Å². The molecule has 3 fully saturated rings. The number of hydrogen-bond donors (Lipinski definition) is 3. The Hall–Kier alpha value is -5.37. The zero-order valence-electron chi connectivity index (χ0n) is 34.3. The lowest BCUT2D eigenvalue weighted by Crippen LogP contribution is -2.44. The minimum Gasteiger partial charge on any atom is -0.386 e. The van der Waals surface area contributed by atoms with Gasteiger partial charge < -0.3 is 15.3 Å². The van der Waals surface area contributed by atoms with Crippen molar-refractivity contribution in [1.29, 1.82) is 0 Å². The van der Waals surface area contributed by atoms with Gasteiger partial charge in [-0.1, -0.05) is 24.0 Å². The molecular weight excluding hydrogens is 808 g/mol. The fourth-order valence-electron chi connectivity index (χ4n) is 9.07. The minimum atomic E-state index is -4.69. The van der Waals surface area contributed by atoms with E-state index in [1.807, 2.05) is 18.2 Å². The number of imide groups is 1. The number of aliphatic hydroxyl groups is 1. The number of carbonyl (C=O) groups is 3. The van der Waals surface area contributed by atoms with Crippen LogP contribution in [0.5, 0.6) is 0 Å². The molecule has 16 heteroatoms. The number of amides is 3. The van der Waals surface area contributed by atoms with Crippen molar-refractivity contribution in [1.82, 2.24) is 29.3 Å². The van der Waals surface area contributed by atoms with Crippen molar-refractivity contribution in [2.75, 3.05) is 25.0 Å². The molecule has 2 aliphatic heterocycles. The number of carbonyl (C=O) groups excluding carboxylic acids is 3. The van der Waals surface area contributed by atoms with E-state index < -0.39 is 35.3 Å². The summed E-state index contributed by atoms with van der Waals surface area (Å²) in [5.41, 5.74) is 0.249. The molecule has 3 amide bonds. The third kappa shape index (κ3) is 9.01. The maximum Gasteiger partial charge on any atom is 0.433 e. The van der Waals surface area contributed by atoms with Crippen molar-refractivity contribution in [2.24, 2.45) is 18.9 Å². The highest BCUT2D eigenvalue weighted by Crippen LogP contribution is 2.42. The third-order valence-corrected chi connectivity index (χ3v) is 13.6. The second-order valence-corrected chi connectivity index (χ2v) is 18.2. The number of imidazole rings is 1. The number of pyridine rings is 1. The zero-order valence-corrected chi connectivity index (χ0v) is 35.1. The predicted molar refractivity (Wildman–Crippen MR) is 226 cm³/mol. The molecule has 0 spiro atoms. The number of aromatic nitrogens is 4. The number of halogens is 3. The van der Waals surface area contributed by atoms with Gasteiger partial charge in [0.25, 0.3) is 5.91 Å². The van der Waals surface area contributed by atoms with E-state index in [4.69, 9.17) is 4.98 Å². The van der Waals surface area contributed by atoms with Crippen LogP contribution in [0.2, 0.25) is 0 Å². The summed E-state index contributed by atoms with van der Waals surface area (Å²) >= 11 is 1.55. The Balaban J connectivity index is 0.848. The highest BCUT2D eigenvalue weighted by atomic mass is 32.1. The first kappa shape index (κ1) is 42.3. The van der Waals surface area contributed by atoms with Gasteiger partial charge in [-0.3, -0.25) is 28.8 Å². The number of aryl methyl sites for hydroxylation is 1. The van der Waals surface area contributed by atoms with Crippen LogP contribution in [0.15, 0.2) is 53.3 Å². The van der Waals surface area contributed by atoms with Crippen LogP contribution >= 0.6 is 11.3 Å². The number of nitrogens with one attached hydrogen (secondary N) is 2. The van der Waals surface area contributed by atoms with Gasteiger partial charge in [-0.25, -0.2) is 14.8 Å². The number of piperidine rings is 2. The Labute approximate surface area is 354 Å². The Morgan fingerprint density at radius 1 is 0.967 bits per heavy atom. The van der Waals surface area contributed by atoms with Crippen LogP contribution in [0, 0.1) is 23.7 Å². The van der Waals surface area contributed by atoms with Gasteiger partial charge in [0.2, 0.25) is 11.8 Å². The summed E-state index contributed by atoms with van der Waals surface area (Å²) in [6.07, 6.45) is 2.86. The molecule has 5 heterocycles. The summed E-state index contributed by atoms with van der Waals surface area (Å²) < 4.78 is 43.6. The summed E-state index contributed by atoms with van der Waals surface area (Å²) in [5.74, 6) is 6.48. The van der Waals surface area contributed by atoms with Gasteiger partial charge >= 0.3 is 11.9 Å². The van der Waals surface area contributed by atoms with Crippen LogP contribution in [0.25, 0.3) is 21.3 Å². The quantitative estimate of drug-likeness (QED) is 0.109. The SMILES string of the molecule is Cn1c(=O)n(C2CCC(=O)NC2=O)c2cccc(C#CCC3CCN(C[C@H]4CC[C@H](c5nc6cc(C(C)(C)O)c(NC(=O)c7cccc(C(F)(F)F)n7)cc6s5)CC4)CC3)c21. The molecule has 1 unspecified atom stereocenters. The predicted octanol–water partition coefficient (Wildman–Crippen LogP) is 7.25. The smallest absolute Gasteiger partial charge is 0.386 e. The summed E-state index contributed by atoms with van der Waals surface area (Å²) in [4.78, 5) is 61.7. The van der Waals surface area contributed by atoms with Crippen LogP contribution in [0.4, 0.5) is 18.9 Å². The molecule has 0 radical (unpaired) electrons. The molecule has 2 aromatic carbocycles. The maximum absolute atomic E-state index is 13.3. The van der Waals surface area contributed by atoms with Gasteiger partial charge in [0.05, 0.1) is 37.4 Å². The summed E-state index contributed by atoms with van der Waals surface area (Å²) in [7, 11) is 1.69. The second-order valence-electron chi connectivity index (χ2n) is 17.2. The largest absolute Gasteiger partial charge is 0.433 e. The molecule has 1 aliphatic carbocycles. The molecule has 61 heavy (non-hydrogen) atoms. The topological polar surface area (TPSA) is 151 Å². The molecule has 3 aromatic heterocycles. The number of nitrogens with zero attached hydrogens (tertiary/aromatic N) is 5. The Kier molecular flexibility index (Phi) is 11.7. The van der Waals surface area contributed by atoms with Gasteiger partial charge in [-0.2, -0.15) is 13.2 Å². The van der Waals surface area contributed by atoms with Crippen molar-refractivity contribution in [2.45, 2.75) is 95.4 Å². The van der Waals surface area contributed by atoms with Crippen molar-refractivity contribution < 1.29 is 32.7 Å². The molecule has 0 bridgehead atoms. The number of para-hydroxylation sites is 1. The standard InChI is InChI=1S/C45H48F3N7O5S/c1-44(2,60)30-23-33-36(24-32(30)50-40(57)31-10-6-12-37(49-31)45(46,47)48)61-42(51-33)29-15-13-27(14-16-29)25-54-21-19-26(20-22-54)7-4-8-28-9-5-11-34-39(28)53(3)43(59)55(34)35-17-18-38(56)52-41(35)58/h5-6,9-12,23-24,26-27,29,35,60H,7,13-22,25H2,1-3H3,(H,50,57)(H,52,56,58)/t27-,29-,35?. The van der Waals surface area contributed by atoms with E-state index in [1.54, 1.807) is 44.4 Å². The van der Waals surface area contributed by atoms with Crippen LogP contribution in [0.1, 0.15) is 116 Å². The van der Waals surface area contributed by atoms with Gasteiger partial charge in [0.1, 0.15) is 17.4 Å². The Morgan fingerprint density at radius 2 is 1.70 bits per heavy atom. The molecule has 1 atom stereocenters. The third-order valence-electron chi connectivity index (χ3n) is 12.4. The minimum absolute atomic E-state index is 0.186. The zero-order chi connectivity index (χ0) is 43.2. The molecule has 3 N–H and O–H groups in total. The monoisotopic (exact) mass is 855 g/mol. The molecular formula is C45H48F3N7O5S. The molecule has 5 aromatic rings. The first-order valence-electron chi connectivity index (χ1n) is 20.8. The van der Waals surface area contributed by atoms with E-state index in [0.717, 1.165) is 92.0 Å². The van der Waals surface area contributed by atoms with E-state index >= 15 is 0 Å². The Morgan fingerprint density at radius 3 is 2.41 bits per heavy atom. The summed E-state index contributed by atoms with van der Waals surface area (Å²) in [5, 5.41) is 17.0. The highest BCUT2D eigenvalue weighted by Gasteiger charge is 2.34. The van der Waals surface area contributed by atoms with Crippen LogP contribution in [-0.2, 0) is 28.4 Å². The second kappa shape index (κ2) is 16.8. The molecule has 1 saturated carbocycles. The lowest BCUT2D eigenvalue weighted by Gasteiger charge is -2.36. The lowest BCUT2D eigenvalue weighted by atomic mass is 9.81. The fourth-order valence-corrected chi connectivity index (χ4v) is 10.2. The summed E-state index contributed by atoms with van der Waals surface area (Å²) in [6.45, 7) is 6.27. The van der Waals surface area contributed by atoms with Crippen LogP contribution in [0.3, 0.4) is 0 Å². The van der Waals surface area contributed by atoms with Gasteiger partial charge in [0.15, 0.2) is 0 Å². The molecule has 8 rings (SSSR count). The molecule has 12 nitrogen and oxygen atoms in total. The number of alkyl halides is 3. The molecule has 2 saturated heterocycles. The number of anilines is 1. The summed E-state index contributed by atoms with van der Waals surface area (Å²) in [6, 6.07) is 11.5. The van der Waals surface area contributed by atoms with Gasteiger partial charge in [0, 0.05) is 43.6 Å². The molecule has 320 valence electrons.